The summed E-state index contributed by atoms with van der Waals surface area (Å²) in [6.07, 6.45) is 1.64. The van der Waals surface area contributed by atoms with Gasteiger partial charge in [-0.15, -0.1) is 0 Å². The van der Waals surface area contributed by atoms with Crippen LogP contribution in [0.3, 0.4) is 0 Å². The Bertz CT molecular complexity index is 450. The van der Waals surface area contributed by atoms with E-state index in [9.17, 15) is 4.79 Å². The van der Waals surface area contributed by atoms with Crippen molar-refractivity contribution in [3.05, 3.63) is 28.8 Å². The van der Waals surface area contributed by atoms with Crippen LogP contribution in [0.1, 0.15) is 18.4 Å². The fourth-order valence-corrected chi connectivity index (χ4v) is 2.41. The van der Waals surface area contributed by atoms with E-state index < -0.39 is 5.97 Å². The molecule has 0 aliphatic heterocycles. The number of methoxy groups -OCH3 is 1. The maximum atomic E-state index is 10.9. The first kappa shape index (κ1) is 13.2. The predicted octanol–water partition coefficient (Wildman–Crippen LogP) is 2.30. The molecule has 1 saturated carbocycles. The highest BCUT2D eigenvalue weighted by Gasteiger charge is 2.36. The highest BCUT2D eigenvalue weighted by molar-refractivity contribution is 6.31. The molecule has 1 fully saturated rings. The Morgan fingerprint density at radius 1 is 1.56 bits per heavy atom. The fraction of sp³-hybridized carbons (Fsp3) is 0.462. The minimum Gasteiger partial charge on any atom is -0.496 e. The number of benzene rings is 1. The molecule has 5 heteroatoms. The van der Waals surface area contributed by atoms with Gasteiger partial charge in [0.1, 0.15) is 5.75 Å². The van der Waals surface area contributed by atoms with Crippen molar-refractivity contribution in [2.24, 2.45) is 5.92 Å². The molecule has 0 aromatic heterocycles. The maximum Gasteiger partial charge on any atom is 0.308 e. The molecule has 0 spiro atoms. The average Bonchev–Trinajstić information content (AvgIpc) is 2.28. The second-order valence-electron chi connectivity index (χ2n) is 4.43. The van der Waals surface area contributed by atoms with E-state index in [1.54, 1.807) is 13.2 Å². The zero-order valence-electron chi connectivity index (χ0n) is 10.1. The molecule has 1 aliphatic rings. The first-order valence-corrected chi connectivity index (χ1v) is 6.29. The first-order valence-electron chi connectivity index (χ1n) is 5.91. The lowest BCUT2D eigenvalue weighted by atomic mass is 9.79. The van der Waals surface area contributed by atoms with E-state index in [1.165, 1.54) is 0 Å². The lowest BCUT2D eigenvalue weighted by Crippen LogP contribution is -2.47. The Morgan fingerprint density at radius 3 is 2.89 bits per heavy atom. The maximum absolute atomic E-state index is 10.9. The van der Waals surface area contributed by atoms with Gasteiger partial charge in [0.05, 0.1) is 13.0 Å². The summed E-state index contributed by atoms with van der Waals surface area (Å²) in [5.41, 5.74) is 0.873. The summed E-state index contributed by atoms with van der Waals surface area (Å²) in [5.74, 6) is -0.287. The minimum atomic E-state index is -0.732. The van der Waals surface area contributed by atoms with Gasteiger partial charge in [-0.2, -0.15) is 0 Å². The van der Waals surface area contributed by atoms with Crippen molar-refractivity contribution >= 4 is 17.6 Å². The topological polar surface area (TPSA) is 58.6 Å². The smallest absolute Gasteiger partial charge is 0.308 e. The summed E-state index contributed by atoms with van der Waals surface area (Å²) in [6.45, 7) is 0.525. The van der Waals surface area contributed by atoms with Crippen LogP contribution in [0.5, 0.6) is 5.75 Å². The molecule has 0 amide bonds. The van der Waals surface area contributed by atoms with Crippen molar-refractivity contribution in [2.75, 3.05) is 7.11 Å². The molecule has 0 heterocycles. The summed E-state index contributed by atoms with van der Waals surface area (Å²) >= 11 is 6.12. The second kappa shape index (κ2) is 5.59. The van der Waals surface area contributed by atoms with E-state index in [4.69, 9.17) is 21.4 Å². The monoisotopic (exact) mass is 269 g/mol. The highest BCUT2D eigenvalue weighted by atomic mass is 35.5. The van der Waals surface area contributed by atoms with Crippen LogP contribution in [0.4, 0.5) is 0 Å². The van der Waals surface area contributed by atoms with Crippen molar-refractivity contribution in [2.45, 2.75) is 25.4 Å². The van der Waals surface area contributed by atoms with Crippen LogP contribution in [0.25, 0.3) is 0 Å². The summed E-state index contributed by atoms with van der Waals surface area (Å²) in [4.78, 5) is 10.9. The third-order valence-electron chi connectivity index (χ3n) is 3.43. The number of carbonyl (C=O) groups is 1. The van der Waals surface area contributed by atoms with Gasteiger partial charge in [0.2, 0.25) is 0 Å². The standard InChI is InChI=1S/C13H16ClNO3/c1-18-12-4-2-3-10(14)9(12)7-15-11-6-5-8(11)13(16)17/h2-4,8,11,15H,5-7H2,1H3,(H,16,17). The number of nitrogens with one attached hydrogen (secondary N) is 1. The van der Waals surface area contributed by atoms with E-state index in [-0.39, 0.29) is 12.0 Å². The number of halogens is 1. The largest absolute Gasteiger partial charge is 0.496 e. The normalized spacial score (nSPS) is 22.3. The van der Waals surface area contributed by atoms with Crippen molar-refractivity contribution in [3.63, 3.8) is 0 Å². The van der Waals surface area contributed by atoms with Crippen LogP contribution in [0, 0.1) is 5.92 Å². The Labute approximate surface area is 111 Å². The molecule has 1 aromatic rings. The molecular formula is C13H16ClNO3. The first-order chi connectivity index (χ1) is 8.63. The molecule has 2 atom stereocenters. The number of carboxylic acids is 1. The SMILES string of the molecule is COc1cccc(Cl)c1CNC1CCC1C(=O)O. The Morgan fingerprint density at radius 2 is 2.33 bits per heavy atom. The van der Waals surface area contributed by atoms with Gasteiger partial charge < -0.3 is 15.2 Å². The van der Waals surface area contributed by atoms with E-state index in [0.717, 1.165) is 24.2 Å². The van der Waals surface area contributed by atoms with Gasteiger partial charge in [0, 0.05) is 23.2 Å². The van der Waals surface area contributed by atoms with Crippen molar-refractivity contribution in [3.8, 4) is 5.75 Å². The molecule has 1 aliphatic carbocycles. The molecule has 18 heavy (non-hydrogen) atoms. The van der Waals surface area contributed by atoms with Crippen LogP contribution in [-0.2, 0) is 11.3 Å². The van der Waals surface area contributed by atoms with Crippen LogP contribution >= 0.6 is 11.6 Å². The molecule has 0 bridgehead atoms. The lowest BCUT2D eigenvalue weighted by molar-refractivity contribution is -0.146. The van der Waals surface area contributed by atoms with Crippen LogP contribution in [0.2, 0.25) is 5.02 Å². The quantitative estimate of drug-likeness (QED) is 0.861. The number of ether oxygens (including phenoxy) is 1. The second-order valence-corrected chi connectivity index (χ2v) is 4.84. The highest BCUT2D eigenvalue weighted by Crippen LogP contribution is 2.30. The zero-order chi connectivity index (χ0) is 13.1. The Kier molecular flexibility index (Phi) is 4.09. The zero-order valence-corrected chi connectivity index (χ0v) is 10.9. The number of aliphatic carboxylic acids is 1. The summed E-state index contributed by atoms with van der Waals surface area (Å²) in [6, 6.07) is 5.51. The molecule has 4 nitrogen and oxygen atoms in total. The number of hydrogen-bond donors (Lipinski definition) is 2. The van der Waals surface area contributed by atoms with Crippen molar-refractivity contribution < 1.29 is 14.6 Å². The third kappa shape index (κ3) is 2.60. The molecule has 2 N–H and O–H groups in total. The molecule has 0 radical (unpaired) electrons. The van der Waals surface area contributed by atoms with Gasteiger partial charge in [-0.05, 0) is 25.0 Å². The van der Waals surface area contributed by atoms with Crippen LogP contribution < -0.4 is 10.1 Å². The molecular weight excluding hydrogens is 254 g/mol. The molecule has 2 unspecified atom stereocenters. The minimum absolute atomic E-state index is 0.0310. The van der Waals surface area contributed by atoms with Gasteiger partial charge in [-0.25, -0.2) is 0 Å². The Hall–Kier alpha value is -1.26. The predicted molar refractivity (Wildman–Crippen MR) is 69.0 cm³/mol. The average molecular weight is 270 g/mol. The third-order valence-corrected chi connectivity index (χ3v) is 3.78. The molecule has 0 saturated heterocycles. The van der Waals surface area contributed by atoms with E-state index in [2.05, 4.69) is 5.32 Å². The Balaban J connectivity index is 2.00. The molecule has 2 rings (SSSR count). The van der Waals surface area contributed by atoms with E-state index >= 15 is 0 Å². The van der Waals surface area contributed by atoms with Gasteiger partial charge in [0.25, 0.3) is 0 Å². The van der Waals surface area contributed by atoms with Gasteiger partial charge in [-0.1, -0.05) is 17.7 Å². The molecule has 1 aromatic carbocycles. The molecule has 98 valence electrons. The van der Waals surface area contributed by atoms with E-state index in [1.807, 2.05) is 12.1 Å². The fourth-order valence-electron chi connectivity index (χ4n) is 2.17. The lowest BCUT2D eigenvalue weighted by Gasteiger charge is -2.34. The summed E-state index contributed by atoms with van der Waals surface area (Å²) in [5, 5.41) is 12.8. The summed E-state index contributed by atoms with van der Waals surface area (Å²) in [7, 11) is 1.60. The van der Waals surface area contributed by atoms with Gasteiger partial charge in [0.15, 0.2) is 0 Å². The number of hydrogen-bond acceptors (Lipinski definition) is 3. The van der Waals surface area contributed by atoms with E-state index in [0.29, 0.717) is 11.6 Å². The number of carboxylic acid groups (broad SMARTS) is 1. The summed E-state index contributed by atoms with van der Waals surface area (Å²) < 4.78 is 5.24. The van der Waals surface area contributed by atoms with Crippen molar-refractivity contribution in [1.29, 1.82) is 0 Å². The van der Waals surface area contributed by atoms with Crippen molar-refractivity contribution in [1.82, 2.24) is 5.32 Å². The van der Waals surface area contributed by atoms with Gasteiger partial charge in [-0.3, -0.25) is 4.79 Å². The van der Waals surface area contributed by atoms with Crippen LogP contribution in [0.15, 0.2) is 18.2 Å². The van der Waals surface area contributed by atoms with Gasteiger partial charge >= 0.3 is 5.97 Å². The number of rotatable bonds is 5. The van der Waals surface area contributed by atoms with Crippen LogP contribution in [-0.4, -0.2) is 24.2 Å².